The fourth-order valence-electron chi connectivity index (χ4n) is 4.74. The molecule has 3 aliphatic heterocycles. The van der Waals surface area contributed by atoms with Gasteiger partial charge in [0, 0.05) is 25.6 Å². The Kier molecular flexibility index (Phi) is 3.77. The van der Waals surface area contributed by atoms with Crippen LogP contribution in [0.2, 0.25) is 0 Å². The highest BCUT2D eigenvalue weighted by Gasteiger charge is 2.51. The molecular formula is C17H25N3O3. The summed E-state index contributed by atoms with van der Waals surface area (Å²) in [5, 5.41) is 0. The summed E-state index contributed by atoms with van der Waals surface area (Å²) in [7, 11) is 0. The van der Waals surface area contributed by atoms with Crippen LogP contribution >= 0.6 is 0 Å². The summed E-state index contributed by atoms with van der Waals surface area (Å²) in [5.41, 5.74) is 0. The lowest BCUT2D eigenvalue weighted by Gasteiger charge is -2.27. The van der Waals surface area contributed by atoms with Crippen molar-refractivity contribution < 1.29 is 14.4 Å². The van der Waals surface area contributed by atoms with Gasteiger partial charge in [0.1, 0.15) is 6.04 Å². The van der Waals surface area contributed by atoms with E-state index < -0.39 is 0 Å². The summed E-state index contributed by atoms with van der Waals surface area (Å²) >= 11 is 0. The second kappa shape index (κ2) is 5.80. The summed E-state index contributed by atoms with van der Waals surface area (Å²) in [4.78, 5) is 42.7. The van der Waals surface area contributed by atoms with Gasteiger partial charge < -0.3 is 9.80 Å². The predicted molar refractivity (Wildman–Crippen MR) is 83.5 cm³/mol. The third-order valence-electron chi connectivity index (χ3n) is 6.02. The summed E-state index contributed by atoms with van der Waals surface area (Å²) in [6.07, 6.45) is 7.97. The number of hydrogen-bond donors (Lipinski definition) is 0. The number of imide groups is 1. The second-order valence-corrected chi connectivity index (χ2v) is 7.40. The molecule has 23 heavy (non-hydrogen) atoms. The van der Waals surface area contributed by atoms with Gasteiger partial charge >= 0.3 is 6.03 Å². The zero-order valence-electron chi connectivity index (χ0n) is 13.6. The van der Waals surface area contributed by atoms with Crippen LogP contribution in [0.1, 0.15) is 51.4 Å². The van der Waals surface area contributed by atoms with E-state index in [-0.39, 0.29) is 35.8 Å². The highest BCUT2D eigenvalue weighted by Crippen LogP contribution is 2.32. The van der Waals surface area contributed by atoms with E-state index in [2.05, 4.69) is 0 Å². The third kappa shape index (κ3) is 2.42. The van der Waals surface area contributed by atoms with Gasteiger partial charge in [-0.3, -0.25) is 14.5 Å². The van der Waals surface area contributed by atoms with Crippen LogP contribution in [0.25, 0.3) is 0 Å². The van der Waals surface area contributed by atoms with Crippen LogP contribution in [-0.4, -0.2) is 64.3 Å². The van der Waals surface area contributed by atoms with Gasteiger partial charge in [0.2, 0.25) is 5.91 Å². The largest absolute Gasteiger partial charge is 0.340 e. The fourth-order valence-corrected chi connectivity index (χ4v) is 4.74. The van der Waals surface area contributed by atoms with Gasteiger partial charge in [-0.15, -0.1) is 0 Å². The minimum Gasteiger partial charge on any atom is -0.340 e. The highest BCUT2D eigenvalue weighted by atomic mass is 16.2. The molecule has 0 N–H and O–H groups in total. The normalized spacial score (nSPS) is 32.1. The van der Waals surface area contributed by atoms with Crippen LogP contribution in [0, 0.1) is 5.92 Å². The van der Waals surface area contributed by atoms with E-state index >= 15 is 0 Å². The average Bonchev–Trinajstić information content (AvgIpc) is 3.28. The van der Waals surface area contributed by atoms with Crippen molar-refractivity contribution in [3.8, 4) is 0 Å². The average molecular weight is 319 g/mol. The van der Waals surface area contributed by atoms with Gasteiger partial charge in [-0.05, 0) is 32.1 Å². The minimum atomic E-state index is -0.231. The maximum Gasteiger partial charge on any atom is 0.327 e. The van der Waals surface area contributed by atoms with Crippen molar-refractivity contribution in [2.45, 2.75) is 63.5 Å². The topological polar surface area (TPSA) is 60.9 Å². The molecule has 4 aliphatic rings. The van der Waals surface area contributed by atoms with E-state index in [9.17, 15) is 14.4 Å². The predicted octanol–water partition coefficient (Wildman–Crippen LogP) is 1.59. The maximum atomic E-state index is 12.6. The van der Waals surface area contributed by atoms with Crippen molar-refractivity contribution in [2.24, 2.45) is 5.92 Å². The molecule has 4 fully saturated rings. The van der Waals surface area contributed by atoms with Crippen LogP contribution in [0.3, 0.4) is 0 Å². The van der Waals surface area contributed by atoms with E-state index in [1.54, 1.807) is 4.90 Å². The van der Waals surface area contributed by atoms with Crippen molar-refractivity contribution in [2.75, 3.05) is 19.6 Å². The molecular weight excluding hydrogens is 294 g/mol. The van der Waals surface area contributed by atoms with Gasteiger partial charge in [0.25, 0.3) is 5.91 Å². The van der Waals surface area contributed by atoms with Crippen LogP contribution in [0.5, 0.6) is 0 Å². The number of carbonyl (C=O) groups is 3. The first-order valence-corrected chi connectivity index (χ1v) is 9.09. The molecule has 0 aromatic rings. The zero-order chi connectivity index (χ0) is 16.0. The molecule has 0 bridgehead atoms. The molecule has 0 aromatic carbocycles. The molecule has 2 atom stereocenters. The fraction of sp³-hybridized carbons (Fsp3) is 0.824. The Labute approximate surface area is 136 Å². The molecule has 0 aromatic heterocycles. The Bertz CT molecular complexity index is 507. The molecule has 0 radical (unpaired) electrons. The SMILES string of the molecule is O=C(C1CCCCC1)N1CC[C@H](N2C(=O)[C@H]3CCCN3C2=O)C1. The third-order valence-corrected chi connectivity index (χ3v) is 6.02. The lowest BCUT2D eigenvalue weighted by atomic mass is 9.88. The second-order valence-electron chi connectivity index (χ2n) is 7.40. The van der Waals surface area contributed by atoms with Gasteiger partial charge in [-0.25, -0.2) is 4.79 Å². The van der Waals surface area contributed by atoms with E-state index in [1.165, 1.54) is 11.3 Å². The van der Waals surface area contributed by atoms with Crippen molar-refractivity contribution in [3.05, 3.63) is 0 Å². The molecule has 6 nitrogen and oxygen atoms in total. The smallest absolute Gasteiger partial charge is 0.327 e. The van der Waals surface area contributed by atoms with Gasteiger partial charge in [-0.1, -0.05) is 19.3 Å². The lowest BCUT2D eigenvalue weighted by Crippen LogP contribution is -2.44. The highest BCUT2D eigenvalue weighted by molar-refractivity contribution is 6.05. The van der Waals surface area contributed by atoms with Crippen molar-refractivity contribution >= 4 is 17.8 Å². The molecule has 0 unspecified atom stereocenters. The number of fused-ring (bicyclic) bond motifs is 1. The molecule has 3 saturated heterocycles. The first kappa shape index (κ1) is 15.0. The first-order chi connectivity index (χ1) is 11.2. The Morgan fingerprint density at radius 2 is 1.70 bits per heavy atom. The van der Waals surface area contributed by atoms with E-state index in [4.69, 9.17) is 0 Å². The zero-order valence-corrected chi connectivity index (χ0v) is 13.6. The van der Waals surface area contributed by atoms with E-state index in [1.807, 2.05) is 4.90 Å². The Hall–Kier alpha value is -1.59. The molecule has 1 aliphatic carbocycles. The number of urea groups is 1. The van der Waals surface area contributed by atoms with Crippen LogP contribution in [-0.2, 0) is 9.59 Å². The Morgan fingerprint density at radius 1 is 0.913 bits per heavy atom. The molecule has 4 rings (SSSR count). The number of nitrogens with zero attached hydrogens (tertiary/aromatic N) is 3. The molecule has 126 valence electrons. The molecule has 1 saturated carbocycles. The number of amides is 4. The van der Waals surface area contributed by atoms with Crippen LogP contribution in [0.15, 0.2) is 0 Å². The number of hydrogen-bond acceptors (Lipinski definition) is 3. The maximum absolute atomic E-state index is 12.6. The molecule has 3 heterocycles. The van der Waals surface area contributed by atoms with Crippen LogP contribution in [0.4, 0.5) is 4.79 Å². The number of likely N-dealkylation sites (tertiary alicyclic amines) is 1. The van der Waals surface area contributed by atoms with E-state index in [0.29, 0.717) is 19.6 Å². The number of carbonyl (C=O) groups excluding carboxylic acids is 3. The minimum absolute atomic E-state index is 0.0375. The van der Waals surface area contributed by atoms with Gasteiger partial charge in [-0.2, -0.15) is 0 Å². The molecule has 6 heteroatoms. The Morgan fingerprint density at radius 3 is 2.43 bits per heavy atom. The summed E-state index contributed by atoms with van der Waals surface area (Å²) < 4.78 is 0. The van der Waals surface area contributed by atoms with Crippen molar-refractivity contribution in [1.82, 2.24) is 14.7 Å². The molecule has 4 amide bonds. The van der Waals surface area contributed by atoms with Crippen molar-refractivity contribution in [3.63, 3.8) is 0 Å². The molecule has 0 spiro atoms. The number of rotatable bonds is 2. The van der Waals surface area contributed by atoms with Crippen LogP contribution < -0.4 is 0 Å². The van der Waals surface area contributed by atoms with Gasteiger partial charge in [0.15, 0.2) is 0 Å². The summed E-state index contributed by atoms with van der Waals surface area (Å²) in [6.45, 7) is 1.91. The standard InChI is InChI=1S/C17H25N3O3/c21-15(12-5-2-1-3-6-12)18-10-8-13(11-18)20-16(22)14-7-4-9-19(14)17(20)23/h12-14H,1-11H2/t13-,14+/m0/s1. The van der Waals surface area contributed by atoms with E-state index in [0.717, 1.165) is 44.9 Å². The summed E-state index contributed by atoms with van der Waals surface area (Å²) in [6, 6.07) is -0.479. The Balaban J connectivity index is 1.41. The monoisotopic (exact) mass is 319 g/mol. The first-order valence-electron chi connectivity index (χ1n) is 9.09. The summed E-state index contributed by atoms with van der Waals surface area (Å²) in [5.74, 6) is 0.367. The van der Waals surface area contributed by atoms with Crippen molar-refractivity contribution in [1.29, 1.82) is 0 Å². The van der Waals surface area contributed by atoms with Gasteiger partial charge in [0.05, 0.1) is 6.04 Å². The lowest BCUT2D eigenvalue weighted by molar-refractivity contribution is -0.136. The quantitative estimate of drug-likeness (QED) is 0.726.